The molecular weight excluding hydrogens is 306 g/mol. The number of urea groups is 1. The van der Waals surface area contributed by atoms with Crippen molar-refractivity contribution < 1.29 is 9.53 Å². The van der Waals surface area contributed by atoms with Gasteiger partial charge in [0.1, 0.15) is 12.2 Å². The van der Waals surface area contributed by atoms with E-state index in [0.717, 1.165) is 31.7 Å². The van der Waals surface area contributed by atoms with Crippen LogP contribution in [0.15, 0.2) is 6.33 Å². The van der Waals surface area contributed by atoms with Gasteiger partial charge < -0.3 is 15.0 Å². The molecule has 0 unspecified atom stereocenters. The predicted octanol–water partition coefficient (Wildman–Crippen LogP) is 2.08. The number of carbonyl (C=O) groups excluding carboxylic acids is 1. The molecule has 2 aliphatic carbocycles. The van der Waals surface area contributed by atoms with E-state index >= 15 is 0 Å². The molecule has 1 heterocycles. The molecule has 2 aliphatic rings. The van der Waals surface area contributed by atoms with Crippen LogP contribution in [0.4, 0.5) is 4.79 Å². The largest absolute Gasteiger partial charge is 0.378 e. The lowest BCUT2D eigenvalue weighted by Crippen LogP contribution is -2.66. The van der Waals surface area contributed by atoms with Gasteiger partial charge in [-0.1, -0.05) is 19.3 Å². The van der Waals surface area contributed by atoms with Crippen LogP contribution in [0.2, 0.25) is 0 Å². The van der Waals surface area contributed by atoms with E-state index in [0.29, 0.717) is 12.6 Å². The second-order valence-electron chi connectivity index (χ2n) is 7.13. The molecule has 1 aromatic rings. The highest BCUT2D eigenvalue weighted by Crippen LogP contribution is 2.53. The van der Waals surface area contributed by atoms with Crippen LogP contribution in [0.1, 0.15) is 51.3 Å². The molecular formula is C17H29N5O2. The molecule has 0 aliphatic heterocycles. The zero-order chi connectivity index (χ0) is 17.2. The van der Waals surface area contributed by atoms with Crippen molar-refractivity contribution in [1.29, 1.82) is 0 Å². The minimum atomic E-state index is -0.0390. The third-order valence-corrected chi connectivity index (χ3v) is 5.77. The highest BCUT2D eigenvalue weighted by molar-refractivity contribution is 5.74. The Hall–Kier alpha value is -1.63. The van der Waals surface area contributed by atoms with Crippen LogP contribution >= 0.6 is 0 Å². The Morgan fingerprint density at radius 1 is 1.46 bits per heavy atom. The van der Waals surface area contributed by atoms with Crippen molar-refractivity contribution in [3.8, 4) is 0 Å². The van der Waals surface area contributed by atoms with E-state index in [1.54, 1.807) is 16.6 Å². The number of hydrogen-bond acceptors (Lipinski definition) is 4. The maximum Gasteiger partial charge on any atom is 0.317 e. The second kappa shape index (κ2) is 7.09. The van der Waals surface area contributed by atoms with Gasteiger partial charge in [-0.3, -0.25) is 4.68 Å². The molecule has 7 nitrogen and oxygen atoms in total. The molecule has 0 radical (unpaired) electrons. The van der Waals surface area contributed by atoms with E-state index < -0.39 is 0 Å². The van der Waals surface area contributed by atoms with E-state index in [-0.39, 0.29) is 17.5 Å². The van der Waals surface area contributed by atoms with Crippen LogP contribution in [0.25, 0.3) is 0 Å². The number of nitrogens with one attached hydrogen (secondary N) is 1. The topological polar surface area (TPSA) is 72.3 Å². The Morgan fingerprint density at radius 2 is 2.21 bits per heavy atom. The zero-order valence-corrected chi connectivity index (χ0v) is 15.0. The molecule has 1 aromatic heterocycles. The van der Waals surface area contributed by atoms with Crippen molar-refractivity contribution >= 4 is 6.03 Å². The second-order valence-corrected chi connectivity index (χ2v) is 7.13. The molecule has 0 saturated heterocycles. The first-order valence-electron chi connectivity index (χ1n) is 9.03. The summed E-state index contributed by atoms with van der Waals surface area (Å²) in [6.45, 7) is 3.26. The van der Waals surface area contributed by atoms with Crippen molar-refractivity contribution in [2.45, 2.75) is 64.1 Å². The van der Waals surface area contributed by atoms with Crippen molar-refractivity contribution in [3.63, 3.8) is 0 Å². The summed E-state index contributed by atoms with van der Waals surface area (Å²) in [4.78, 5) is 18.4. The standard InChI is InChI=1S/C17H29N5O2/c1-4-24-14-10-13(17(14)8-6-5-7-9-17)20-16(23)21(2)11-15-18-12-19-22(15)3/h12-14H,4-11H2,1-3H3,(H,20,23)/t13-,14+/m0/s1. The first-order valence-corrected chi connectivity index (χ1v) is 9.03. The molecule has 3 rings (SSSR count). The van der Waals surface area contributed by atoms with Crippen LogP contribution in [0.5, 0.6) is 0 Å². The summed E-state index contributed by atoms with van der Waals surface area (Å²) in [5, 5.41) is 7.29. The number of nitrogens with zero attached hydrogens (tertiary/aromatic N) is 4. The van der Waals surface area contributed by atoms with Gasteiger partial charge in [0.05, 0.1) is 12.6 Å². The molecule has 2 atom stereocenters. The highest BCUT2D eigenvalue weighted by atomic mass is 16.5. The van der Waals surface area contributed by atoms with Crippen LogP contribution in [0, 0.1) is 5.41 Å². The average molecular weight is 335 g/mol. The normalized spacial score (nSPS) is 25.3. The Kier molecular flexibility index (Phi) is 5.08. The van der Waals surface area contributed by atoms with Crippen LogP contribution in [-0.4, -0.2) is 51.5 Å². The maximum atomic E-state index is 12.6. The summed E-state index contributed by atoms with van der Waals surface area (Å²) < 4.78 is 7.65. The number of aromatic nitrogens is 3. The molecule has 2 amide bonds. The van der Waals surface area contributed by atoms with Crippen LogP contribution in [-0.2, 0) is 18.3 Å². The van der Waals surface area contributed by atoms with Gasteiger partial charge in [0.15, 0.2) is 0 Å². The zero-order valence-electron chi connectivity index (χ0n) is 15.0. The van der Waals surface area contributed by atoms with Gasteiger partial charge in [0.2, 0.25) is 0 Å². The minimum absolute atomic E-state index is 0.0390. The summed E-state index contributed by atoms with van der Waals surface area (Å²) in [6, 6.07) is 0.187. The SMILES string of the molecule is CCO[C@@H]1C[C@H](NC(=O)N(C)Cc2ncnn2C)C12CCCCC2. The quantitative estimate of drug-likeness (QED) is 0.894. The van der Waals surface area contributed by atoms with E-state index in [1.165, 1.54) is 25.6 Å². The number of ether oxygens (including phenoxy) is 1. The van der Waals surface area contributed by atoms with Crippen LogP contribution in [0.3, 0.4) is 0 Å². The van der Waals surface area contributed by atoms with Gasteiger partial charge >= 0.3 is 6.03 Å². The summed E-state index contributed by atoms with van der Waals surface area (Å²) in [7, 11) is 3.64. The van der Waals surface area contributed by atoms with Crippen molar-refractivity contribution in [2.24, 2.45) is 12.5 Å². The molecule has 7 heteroatoms. The van der Waals surface area contributed by atoms with Crippen molar-refractivity contribution in [2.75, 3.05) is 13.7 Å². The Balaban J connectivity index is 1.60. The highest BCUT2D eigenvalue weighted by Gasteiger charge is 2.56. The Morgan fingerprint density at radius 3 is 2.83 bits per heavy atom. The molecule has 134 valence electrons. The number of rotatable bonds is 5. The van der Waals surface area contributed by atoms with E-state index in [4.69, 9.17) is 4.74 Å². The predicted molar refractivity (Wildman–Crippen MR) is 90.3 cm³/mol. The molecule has 1 spiro atoms. The summed E-state index contributed by atoms with van der Waals surface area (Å²) >= 11 is 0. The maximum absolute atomic E-state index is 12.6. The monoisotopic (exact) mass is 335 g/mol. The fraction of sp³-hybridized carbons (Fsp3) is 0.824. The third kappa shape index (κ3) is 3.14. The lowest BCUT2D eigenvalue weighted by Gasteiger charge is -2.57. The lowest BCUT2D eigenvalue weighted by atomic mass is 9.55. The summed E-state index contributed by atoms with van der Waals surface area (Å²) in [5.41, 5.74) is 0.148. The molecule has 0 bridgehead atoms. The molecule has 24 heavy (non-hydrogen) atoms. The van der Waals surface area contributed by atoms with E-state index in [2.05, 4.69) is 22.3 Å². The molecule has 2 fully saturated rings. The van der Waals surface area contributed by atoms with Gasteiger partial charge in [-0.05, 0) is 26.2 Å². The number of amides is 2. The average Bonchev–Trinajstić information content (AvgIpc) is 2.99. The van der Waals surface area contributed by atoms with Gasteiger partial charge in [-0.25, -0.2) is 9.78 Å². The first kappa shape index (κ1) is 17.2. The first-order chi connectivity index (χ1) is 11.6. The van der Waals surface area contributed by atoms with Gasteiger partial charge in [0, 0.05) is 32.2 Å². The van der Waals surface area contributed by atoms with Gasteiger partial charge in [-0.2, -0.15) is 5.10 Å². The smallest absolute Gasteiger partial charge is 0.317 e. The fourth-order valence-electron chi connectivity index (χ4n) is 4.27. The van der Waals surface area contributed by atoms with Crippen molar-refractivity contribution in [3.05, 3.63) is 12.2 Å². The minimum Gasteiger partial charge on any atom is -0.378 e. The van der Waals surface area contributed by atoms with E-state index in [1.807, 2.05) is 7.05 Å². The third-order valence-electron chi connectivity index (χ3n) is 5.77. The van der Waals surface area contributed by atoms with Gasteiger partial charge in [0.25, 0.3) is 0 Å². The van der Waals surface area contributed by atoms with Crippen LogP contribution < -0.4 is 5.32 Å². The number of aryl methyl sites for hydroxylation is 1. The lowest BCUT2D eigenvalue weighted by molar-refractivity contribution is -0.147. The molecule has 2 saturated carbocycles. The summed E-state index contributed by atoms with van der Waals surface area (Å²) in [6.07, 6.45) is 8.85. The van der Waals surface area contributed by atoms with Crippen molar-refractivity contribution in [1.82, 2.24) is 25.0 Å². The van der Waals surface area contributed by atoms with Gasteiger partial charge in [-0.15, -0.1) is 0 Å². The Labute approximate surface area is 143 Å². The number of hydrogen-bond donors (Lipinski definition) is 1. The number of carbonyl (C=O) groups is 1. The Bertz CT molecular complexity index is 567. The summed E-state index contributed by atoms with van der Waals surface area (Å²) in [5.74, 6) is 0.779. The molecule has 1 N–H and O–H groups in total. The fourth-order valence-corrected chi connectivity index (χ4v) is 4.27. The van der Waals surface area contributed by atoms with E-state index in [9.17, 15) is 4.79 Å². The molecule has 0 aromatic carbocycles.